The maximum absolute atomic E-state index is 6.24. The number of nitrogens with zero attached hydrogens (tertiary/aromatic N) is 5. The Morgan fingerprint density at radius 1 is 0.638 bits per heavy atom. The molecule has 6 heteroatoms. The van der Waals surface area contributed by atoms with Crippen LogP contribution in [0.15, 0.2) is 204 Å². The van der Waals surface area contributed by atoms with Crippen molar-refractivity contribution in [1.82, 2.24) is 19.1 Å². The Hall–Kier alpha value is -7.44. The van der Waals surface area contributed by atoms with Crippen LogP contribution in [0.2, 0.25) is 0 Å². The van der Waals surface area contributed by atoms with Crippen LogP contribution < -0.4 is 4.90 Å². The molecule has 6 nitrogen and oxygen atoms in total. The number of fused-ring (bicyclic) bond motifs is 3. The maximum Gasteiger partial charge on any atom is 0.145 e. The van der Waals surface area contributed by atoms with Crippen LogP contribution in [0, 0.1) is 0 Å². The normalized spacial score (nSPS) is 15.3. The molecule has 0 radical (unpaired) electrons. The first-order chi connectivity index (χ1) is 28.7. The quantitative estimate of drug-likeness (QED) is 0.155. The van der Waals surface area contributed by atoms with Gasteiger partial charge in [0, 0.05) is 50.9 Å². The van der Waals surface area contributed by atoms with E-state index in [0.29, 0.717) is 0 Å². The van der Waals surface area contributed by atoms with Gasteiger partial charge in [0.15, 0.2) is 0 Å². The zero-order valence-corrected chi connectivity index (χ0v) is 31.8. The van der Waals surface area contributed by atoms with Gasteiger partial charge in [0.25, 0.3) is 0 Å². The molecule has 0 saturated carbocycles. The number of para-hydroxylation sites is 6. The predicted octanol–water partition coefficient (Wildman–Crippen LogP) is 13.4. The number of hydrogen-bond acceptors (Lipinski definition) is 4. The lowest BCUT2D eigenvalue weighted by atomic mass is 9.97. The van der Waals surface area contributed by atoms with Crippen LogP contribution in [0.5, 0.6) is 0 Å². The Labute approximate surface area is 336 Å². The predicted molar refractivity (Wildman–Crippen MR) is 237 cm³/mol. The Bertz CT molecular complexity index is 3050. The molecule has 0 aliphatic heterocycles. The molecule has 2 aliphatic carbocycles. The summed E-state index contributed by atoms with van der Waals surface area (Å²) in [6.45, 7) is 0. The fourth-order valence-corrected chi connectivity index (χ4v) is 8.50. The summed E-state index contributed by atoms with van der Waals surface area (Å²) in [6, 6.07) is 55.2. The third-order valence-corrected chi connectivity index (χ3v) is 11.3. The number of rotatable bonds is 8. The number of furan rings is 1. The number of imidazole rings is 2. The van der Waals surface area contributed by atoms with Crippen LogP contribution >= 0.6 is 0 Å². The highest BCUT2D eigenvalue weighted by molar-refractivity contribution is 5.87. The van der Waals surface area contributed by atoms with E-state index in [2.05, 4.69) is 190 Å². The molecule has 9 aromatic rings. The molecule has 3 heterocycles. The summed E-state index contributed by atoms with van der Waals surface area (Å²) < 4.78 is 10.9. The van der Waals surface area contributed by atoms with E-state index in [0.717, 1.165) is 104 Å². The van der Waals surface area contributed by atoms with E-state index < -0.39 is 0 Å². The second-order valence-corrected chi connectivity index (χ2v) is 14.9. The van der Waals surface area contributed by atoms with E-state index in [1.165, 1.54) is 5.70 Å². The summed E-state index contributed by atoms with van der Waals surface area (Å²) in [5.74, 6) is 2.96. The standard InChI is InChI=1S/C52H39N5O/c1-3-14-40(15-4-1)56-47-20-10-8-18-45(47)53-51(56)37-25-31-43(32-26-37)55(42-29-23-36(24-30-42)50-35-39-13-7-12-22-49(39)58-50)44-33-27-38(28-34-44)52-54-46-19-9-11-21-48(46)57(52)41-16-5-2-6-17-41/h1-5,7-16,18-25,27-35,37H,6,17,26H2/t37-/m1/s1. The van der Waals surface area contributed by atoms with Crippen LogP contribution in [0.25, 0.3) is 67.1 Å². The van der Waals surface area contributed by atoms with Gasteiger partial charge in [0.05, 0.1) is 22.1 Å². The highest BCUT2D eigenvalue weighted by atomic mass is 16.3. The number of anilines is 2. The molecule has 0 bridgehead atoms. The highest BCUT2D eigenvalue weighted by Gasteiger charge is 2.24. The Morgan fingerprint density at radius 3 is 2.02 bits per heavy atom. The molecule has 278 valence electrons. The summed E-state index contributed by atoms with van der Waals surface area (Å²) in [5.41, 5.74) is 12.8. The van der Waals surface area contributed by atoms with Gasteiger partial charge >= 0.3 is 0 Å². The van der Waals surface area contributed by atoms with Gasteiger partial charge in [-0.1, -0.05) is 85.0 Å². The van der Waals surface area contributed by atoms with E-state index in [9.17, 15) is 0 Å². The van der Waals surface area contributed by atoms with Crippen molar-refractivity contribution in [3.8, 4) is 28.4 Å². The molecule has 0 saturated heterocycles. The largest absolute Gasteiger partial charge is 0.456 e. The first-order valence-electron chi connectivity index (χ1n) is 20.0. The lowest BCUT2D eigenvalue weighted by Crippen LogP contribution is -2.18. The van der Waals surface area contributed by atoms with Crippen molar-refractivity contribution >= 4 is 50.1 Å². The minimum absolute atomic E-state index is 0.105. The monoisotopic (exact) mass is 749 g/mol. The average Bonchev–Trinajstić information content (AvgIpc) is 4.02. The third kappa shape index (κ3) is 5.98. The molecule has 0 N–H and O–H groups in total. The van der Waals surface area contributed by atoms with Crippen molar-refractivity contribution in [2.45, 2.75) is 25.2 Å². The van der Waals surface area contributed by atoms with Crippen LogP contribution in [0.1, 0.15) is 31.0 Å². The zero-order valence-electron chi connectivity index (χ0n) is 31.8. The number of benzene rings is 6. The molecule has 0 unspecified atom stereocenters. The topological polar surface area (TPSA) is 52.0 Å². The van der Waals surface area contributed by atoms with Gasteiger partial charge in [0.2, 0.25) is 0 Å². The molecule has 58 heavy (non-hydrogen) atoms. The number of aromatic nitrogens is 4. The minimum atomic E-state index is 0.105. The third-order valence-electron chi connectivity index (χ3n) is 11.3. The second kappa shape index (κ2) is 14.3. The fraction of sp³-hybridized carbons (Fsp3) is 0.0769. The van der Waals surface area contributed by atoms with Crippen LogP contribution in [-0.4, -0.2) is 19.1 Å². The lowest BCUT2D eigenvalue weighted by Gasteiger charge is -2.29. The van der Waals surface area contributed by atoms with Crippen molar-refractivity contribution in [3.63, 3.8) is 0 Å². The van der Waals surface area contributed by atoms with E-state index in [1.807, 2.05) is 18.2 Å². The van der Waals surface area contributed by atoms with E-state index in [-0.39, 0.29) is 5.92 Å². The molecule has 2 aliphatic rings. The summed E-state index contributed by atoms with van der Waals surface area (Å²) in [5, 5.41) is 1.10. The van der Waals surface area contributed by atoms with Gasteiger partial charge in [0.1, 0.15) is 23.0 Å². The first kappa shape index (κ1) is 33.9. The van der Waals surface area contributed by atoms with Crippen LogP contribution in [-0.2, 0) is 0 Å². The molecular formula is C52H39N5O. The molecule has 0 fully saturated rings. The van der Waals surface area contributed by atoms with Crippen molar-refractivity contribution < 1.29 is 4.42 Å². The average molecular weight is 750 g/mol. The first-order valence-corrected chi connectivity index (χ1v) is 20.0. The highest BCUT2D eigenvalue weighted by Crippen LogP contribution is 2.39. The van der Waals surface area contributed by atoms with Crippen molar-refractivity contribution in [2.75, 3.05) is 4.90 Å². The fourth-order valence-electron chi connectivity index (χ4n) is 8.50. The van der Waals surface area contributed by atoms with Gasteiger partial charge in [-0.3, -0.25) is 9.13 Å². The minimum Gasteiger partial charge on any atom is -0.456 e. The van der Waals surface area contributed by atoms with Gasteiger partial charge in [-0.15, -0.1) is 0 Å². The van der Waals surface area contributed by atoms with E-state index in [1.54, 1.807) is 0 Å². The smallest absolute Gasteiger partial charge is 0.145 e. The summed E-state index contributed by atoms with van der Waals surface area (Å²) >= 11 is 0. The molecule has 0 amide bonds. The molecule has 3 aromatic heterocycles. The van der Waals surface area contributed by atoms with Gasteiger partial charge in [-0.05, 0) is 128 Å². The molecule has 0 spiro atoms. The van der Waals surface area contributed by atoms with E-state index in [4.69, 9.17) is 14.4 Å². The van der Waals surface area contributed by atoms with Crippen LogP contribution in [0.3, 0.4) is 0 Å². The Balaban J connectivity index is 0.975. The second-order valence-electron chi connectivity index (χ2n) is 14.9. The lowest BCUT2D eigenvalue weighted by molar-refractivity contribution is 0.631. The van der Waals surface area contributed by atoms with E-state index >= 15 is 0 Å². The maximum atomic E-state index is 6.24. The summed E-state index contributed by atoms with van der Waals surface area (Å²) in [6.07, 6.45) is 16.3. The van der Waals surface area contributed by atoms with Gasteiger partial charge in [-0.2, -0.15) is 0 Å². The van der Waals surface area contributed by atoms with Crippen molar-refractivity contribution in [2.24, 2.45) is 0 Å². The Morgan fingerprint density at radius 2 is 1.31 bits per heavy atom. The SMILES string of the molecule is C1=CCCC(n2c(-c3ccc(N(C4=CC[C@H](c5nc6ccccc6n5-c5ccccc5)C=C4)c4ccc(-c5cc6ccccc6o5)cc4)cc3)nc3ccccc32)=C1. The molecule has 11 rings (SSSR count). The number of hydrogen-bond donors (Lipinski definition) is 0. The van der Waals surface area contributed by atoms with Gasteiger partial charge < -0.3 is 9.32 Å². The van der Waals surface area contributed by atoms with Crippen molar-refractivity contribution in [1.29, 1.82) is 0 Å². The van der Waals surface area contributed by atoms with Crippen LogP contribution in [0.4, 0.5) is 11.4 Å². The molecule has 1 atom stereocenters. The molecule has 6 aromatic carbocycles. The summed E-state index contributed by atoms with van der Waals surface area (Å²) in [7, 11) is 0. The zero-order chi connectivity index (χ0) is 38.4. The summed E-state index contributed by atoms with van der Waals surface area (Å²) in [4.78, 5) is 12.7. The number of allylic oxidation sites excluding steroid dienone is 7. The van der Waals surface area contributed by atoms with Gasteiger partial charge in [-0.25, -0.2) is 9.97 Å². The Kier molecular flexibility index (Phi) is 8.32. The molecular weight excluding hydrogens is 711 g/mol. The van der Waals surface area contributed by atoms with Crippen molar-refractivity contribution in [3.05, 3.63) is 206 Å².